The minimum absolute atomic E-state index is 0.713. The highest BCUT2D eigenvalue weighted by Gasteiger charge is 2.05. The molecule has 0 saturated carbocycles. The van der Waals surface area contributed by atoms with Crippen LogP contribution in [0.15, 0.2) is 35.5 Å². The average molecular weight is 204 g/mol. The van der Waals surface area contributed by atoms with Gasteiger partial charge in [0.05, 0.1) is 0 Å². The van der Waals surface area contributed by atoms with E-state index in [2.05, 4.69) is 45.1 Å². The second kappa shape index (κ2) is 6.66. The SMILES string of the molecule is CC1=C(C)C(C)CC=CCCC=CCC1. The normalized spacial score (nSPS) is 24.9. The molecule has 1 aliphatic carbocycles. The molecule has 1 atom stereocenters. The number of allylic oxidation sites excluding steroid dienone is 6. The Kier molecular flexibility index (Phi) is 5.45. The van der Waals surface area contributed by atoms with Gasteiger partial charge in [-0.25, -0.2) is 0 Å². The first kappa shape index (κ1) is 12.3. The largest absolute Gasteiger partial charge is 0.0882 e. The van der Waals surface area contributed by atoms with Gasteiger partial charge in [0.25, 0.3) is 0 Å². The summed E-state index contributed by atoms with van der Waals surface area (Å²) in [6.45, 7) is 6.92. The summed E-state index contributed by atoms with van der Waals surface area (Å²) in [6.07, 6.45) is 15.4. The van der Waals surface area contributed by atoms with Crippen LogP contribution in [-0.2, 0) is 0 Å². The van der Waals surface area contributed by atoms with Crippen molar-refractivity contribution < 1.29 is 0 Å². The van der Waals surface area contributed by atoms with E-state index in [1.807, 2.05) is 0 Å². The van der Waals surface area contributed by atoms with E-state index in [4.69, 9.17) is 0 Å². The van der Waals surface area contributed by atoms with Gasteiger partial charge in [-0.05, 0) is 51.9 Å². The molecule has 0 aromatic heterocycles. The third kappa shape index (κ3) is 4.51. The molecule has 1 rings (SSSR count). The fourth-order valence-electron chi connectivity index (χ4n) is 1.94. The molecular weight excluding hydrogens is 180 g/mol. The second-order valence-electron chi connectivity index (χ2n) is 4.66. The Bertz CT molecular complexity index is 266. The summed E-state index contributed by atoms with van der Waals surface area (Å²) in [5, 5.41) is 0. The van der Waals surface area contributed by atoms with E-state index in [-0.39, 0.29) is 0 Å². The third-order valence-electron chi connectivity index (χ3n) is 3.42. The van der Waals surface area contributed by atoms with Gasteiger partial charge in [0.2, 0.25) is 0 Å². The highest BCUT2D eigenvalue weighted by molar-refractivity contribution is 5.14. The molecular formula is C15H24. The van der Waals surface area contributed by atoms with Gasteiger partial charge in [-0.1, -0.05) is 42.4 Å². The van der Waals surface area contributed by atoms with Crippen molar-refractivity contribution in [2.75, 3.05) is 0 Å². The molecule has 84 valence electrons. The molecule has 0 amide bonds. The van der Waals surface area contributed by atoms with Gasteiger partial charge in [0, 0.05) is 0 Å². The fraction of sp³-hybridized carbons (Fsp3) is 0.600. The first-order chi connectivity index (χ1) is 7.22. The van der Waals surface area contributed by atoms with Crippen LogP contribution in [0.25, 0.3) is 0 Å². The number of hydrogen-bond acceptors (Lipinski definition) is 0. The van der Waals surface area contributed by atoms with Crippen LogP contribution >= 0.6 is 0 Å². The number of rotatable bonds is 0. The Morgan fingerprint density at radius 2 is 1.53 bits per heavy atom. The summed E-state index contributed by atoms with van der Waals surface area (Å²) < 4.78 is 0. The van der Waals surface area contributed by atoms with Gasteiger partial charge < -0.3 is 0 Å². The highest BCUT2D eigenvalue weighted by atomic mass is 14.1. The Hall–Kier alpha value is -0.780. The van der Waals surface area contributed by atoms with Crippen molar-refractivity contribution in [2.24, 2.45) is 5.92 Å². The van der Waals surface area contributed by atoms with Crippen molar-refractivity contribution in [3.63, 3.8) is 0 Å². The van der Waals surface area contributed by atoms with E-state index >= 15 is 0 Å². The monoisotopic (exact) mass is 204 g/mol. The first-order valence-electron chi connectivity index (χ1n) is 6.18. The quantitative estimate of drug-likeness (QED) is 0.485. The maximum atomic E-state index is 2.34. The van der Waals surface area contributed by atoms with Crippen molar-refractivity contribution in [3.8, 4) is 0 Å². The zero-order valence-electron chi connectivity index (χ0n) is 10.4. The Morgan fingerprint density at radius 1 is 0.933 bits per heavy atom. The lowest BCUT2D eigenvalue weighted by atomic mass is 9.92. The topological polar surface area (TPSA) is 0 Å². The van der Waals surface area contributed by atoms with E-state index in [0.29, 0.717) is 5.92 Å². The molecule has 0 aromatic rings. The van der Waals surface area contributed by atoms with Crippen LogP contribution in [0.3, 0.4) is 0 Å². The van der Waals surface area contributed by atoms with Crippen LogP contribution < -0.4 is 0 Å². The van der Waals surface area contributed by atoms with Crippen LogP contribution in [-0.4, -0.2) is 0 Å². The molecule has 0 aromatic carbocycles. The van der Waals surface area contributed by atoms with Gasteiger partial charge in [-0.2, -0.15) is 0 Å². The molecule has 1 unspecified atom stereocenters. The van der Waals surface area contributed by atoms with Gasteiger partial charge in [-0.3, -0.25) is 0 Å². The Balaban J connectivity index is 2.70. The summed E-state index contributed by atoms with van der Waals surface area (Å²) in [7, 11) is 0. The minimum Gasteiger partial charge on any atom is -0.0882 e. The van der Waals surface area contributed by atoms with Crippen LogP contribution in [0.2, 0.25) is 0 Å². The van der Waals surface area contributed by atoms with Crippen LogP contribution in [0.5, 0.6) is 0 Å². The van der Waals surface area contributed by atoms with E-state index in [9.17, 15) is 0 Å². The molecule has 0 radical (unpaired) electrons. The molecule has 0 heteroatoms. The van der Waals surface area contributed by atoms with Crippen molar-refractivity contribution in [1.29, 1.82) is 0 Å². The van der Waals surface area contributed by atoms with Crippen molar-refractivity contribution in [3.05, 3.63) is 35.5 Å². The predicted octanol–water partition coefficient (Wildman–Crippen LogP) is 5.04. The first-order valence-corrected chi connectivity index (χ1v) is 6.18. The molecule has 0 saturated heterocycles. The van der Waals surface area contributed by atoms with E-state index in [1.54, 1.807) is 11.1 Å². The maximum absolute atomic E-state index is 2.34. The molecule has 0 heterocycles. The summed E-state index contributed by atoms with van der Waals surface area (Å²) >= 11 is 0. The van der Waals surface area contributed by atoms with Gasteiger partial charge in [-0.15, -0.1) is 0 Å². The van der Waals surface area contributed by atoms with Crippen molar-refractivity contribution >= 4 is 0 Å². The summed E-state index contributed by atoms with van der Waals surface area (Å²) in [4.78, 5) is 0. The molecule has 0 spiro atoms. The lowest BCUT2D eigenvalue weighted by molar-refractivity contribution is 0.675. The summed E-state index contributed by atoms with van der Waals surface area (Å²) in [5.74, 6) is 0.713. The summed E-state index contributed by atoms with van der Waals surface area (Å²) in [5.41, 5.74) is 3.18. The van der Waals surface area contributed by atoms with E-state index < -0.39 is 0 Å². The molecule has 0 N–H and O–H groups in total. The molecule has 0 bridgehead atoms. The average Bonchev–Trinajstić information content (AvgIpc) is 2.23. The van der Waals surface area contributed by atoms with Crippen LogP contribution in [0, 0.1) is 5.92 Å². The van der Waals surface area contributed by atoms with E-state index in [1.165, 1.54) is 32.1 Å². The molecule has 1 aliphatic rings. The maximum Gasteiger partial charge on any atom is -0.0197 e. The predicted molar refractivity (Wildman–Crippen MR) is 68.9 cm³/mol. The number of hydrogen-bond donors (Lipinski definition) is 0. The van der Waals surface area contributed by atoms with Gasteiger partial charge in [0.15, 0.2) is 0 Å². The second-order valence-corrected chi connectivity index (χ2v) is 4.66. The zero-order chi connectivity index (χ0) is 11.1. The minimum atomic E-state index is 0.713. The Labute approximate surface area is 94.8 Å². The van der Waals surface area contributed by atoms with Crippen LogP contribution in [0.4, 0.5) is 0 Å². The molecule has 0 aliphatic heterocycles. The van der Waals surface area contributed by atoms with Crippen LogP contribution in [0.1, 0.15) is 52.9 Å². The lowest BCUT2D eigenvalue weighted by Gasteiger charge is -2.14. The molecule has 0 fully saturated rings. The van der Waals surface area contributed by atoms with Gasteiger partial charge >= 0.3 is 0 Å². The van der Waals surface area contributed by atoms with Crippen molar-refractivity contribution in [1.82, 2.24) is 0 Å². The lowest BCUT2D eigenvalue weighted by Crippen LogP contribution is -1.98. The van der Waals surface area contributed by atoms with E-state index in [0.717, 1.165) is 0 Å². The smallest absolute Gasteiger partial charge is 0.0197 e. The standard InChI is InChI=1S/C15H24/c1-13-11-9-7-5-4-6-8-10-12-14(2)15(13)3/h5,7-8,10,14H,4,6,9,11-12H2,1-3H3. The highest BCUT2D eigenvalue weighted by Crippen LogP contribution is 2.22. The van der Waals surface area contributed by atoms with Gasteiger partial charge in [0.1, 0.15) is 0 Å². The third-order valence-corrected chi connectivity index (χ3v) is 3.42. The summed E-state index contributed by atoms with van der Waals surface area (Å²) in [6, 6.07) is 0. The van der Waals surface area contributed by atoms with Crippen molar-refractivity contribution in [2.45, 2.75) is 52.9 Å². The molecule has 0 nitrogen and oxygen atoms in total. The Morgan fingerprint density at radius 3 is 2.27 bits per heavy atom. The zero-order valence-corrected chi connectivity index (χ0v) is 10.4. The fourth-order valence-corrected chi connectivity index (χ4v) is 1.94. The molecule has 15 heavy (non-hydrogen) atoms.